The average Bonchev–Trinajstić information content (AvgIpc) is 2.59. The largest absolute Gasteiger partial charge is 0.618 e. The van der Waals surface area contributed by atoms with E-state index in [-0.39, 0.29) is 11.5 Å². The number of pyridine rings is 1. The highest BCUT2D eigenvalue weighted by atomic mass is 32.2. The summed E-state index contributed by atoms with van der Waals surface area (Å²) < 4.78 is 5.51. The number of anilines is 1. The molecule has 7 nitrogen and oxygen atoms in total. The van der Waals surface area contributed by atoms with Gasteiger partial charge in [-0.05, 0) is 36.9 Å². The zero-order valence-electron chi connectivity index (χ0n) is 13.4. The van der Waals surface area contributed by atoms with Crippen LogP contribution in [0.2, 0.25) is 0 Å². The van der Waals surface area contributed by atoms with Gasteiger partial charge in [0.25, 0.3) is 10.9 Å². The topological polar surface area (TPSA) is 99.4 Å². The number of ketones is 1. The van der Waals surface area contributed by atoms with Gasteiger partial charge < -0.3 is 15.3 Å². The van der Waals surface area contributed by atoms with Gasteiger partial charge in [-0.3, -0.25) is 14.4 Å². The summed E-state index contributed by atoms with van der Waals surface area (Å²) in [6.07, 6.45) is 1.33. The Kier molecular flexibility index (Phi) is 6.53. The van der Waals surface area contributed by atoms with Crippen LogP contribution in [0.15, 0.2) is 53.7 Å². The van der Waals surface area contributed by atoms with Crippen molar-refractivity contribution in [1.29, 1.82) is 0 Å². The third-order valence-corrected chi connectivity index (χ3v) is 4.06. The fourth-order valence-corrected chi connectivity index (χ4v) is 2.64. The molecule has 0 unspecified atom stereocenters. The Morgan fingerprint density at radius 1 is 1.16 bits per heavy atom. The van der Waals surface area contributed by atoms with E-state index in [1.54, 1.807) is 42.5 Å². The van der Waals surface area contributed by atoms with E-state index in [0.717, 1.165) is 11.8 Å². The normalized spacial score (nSPS) is 10.1. The summed E-state index contributed by atoms with van der Waals surface area (Å²) in [7, 11) is 0. The number of thioether (sulfide) groups is 1. The van der Waals surface area contributed by atoms with Gasteiger partial charge in [0.1, 0.15) is 5.75 Å². The number of rotatable bonds is 7. The van der Waals surface area contributed by atoms with Crippen molar-refractivity contribution in [2.24, 2.45) is 0 Å². The standard InChI is InChI=1S/C17H16N2O5S/c1-12(20)13-6-2-3-7-14(13)18-15(21)10-24-17(22)11-25-16-8-4-5-9-19(16)23/h2-9H,10-11H2,1H3,(H,18,21). The van der Waals surface area contributed by atoms with Crippen LogP contribution >= 0.6 is 11.8 Å². The summed E-state index contributed by atoms with van der Waals surface area (Å²) in [6.45, 7) is 0.923. The van der Waals surface area contributed by atoms with Crippen LogP contribution in [0.3, 0.4) is 0 Å². The summed E-state index contributed by atoms with van der Waals surface area (Å²) in [5, 5.41) is 14.3. The first-order valence-corrected chi connectivity index (χ1v) is 8.32. The quantitative estimate of drug-likeness (QED) is 0.266. The summed E-state index contributed by atoms with van der Waals surface area (Å²) in [6, 6.07) is 11.4. The maximum absolute atomic E-state index is 11.9. The molecular weight excluding hydrogens is 344 g/mol. The molecule has 0 bridgehead atoms. The van der Waals surface area contributed by atoms with Gasteiger partial charge in [0.2, 0.25) is 0 Å². The van der Waals surface area contributed by atoms with E-state index in [4.69, 9.17) is 4.74 Å². The van der Waals surface area contributed by atoms with Crippen LogP contribution in [0.1, 0.15) is 17.3 Å². The molecule has 1 N–H and O–H groups in total. The van der Waals surface area contributed by atoms with Crippen LogP contribution in [0.4, 0.5) is 5.69 Å². The Balaban J connectivity index is 1.81. The lowest BCUT2D eigenvalue weighted by Gasteiger charge is -2.09. The molecule has 2 rings (SSSR count). The predicted molar refractivity (Wildman–Crippen MR) is 92.2 cm³/mol. The molecule has 1 aromatic heterocycles. The third kappa shape index (κ3) is 5.61. The molecule has 0 radical (unpaired) electrons. The third-order valence-electron chi connectivity index (χ3n) is 3.07. The number of ether oxygens (including phenoxy) is 1. The van der Waals surface area contributed by atoms with E-state index in [2.05, 4.69) is 5.32 Å². The molecule has 0 aliphatic rings. The lowest BCUT2D eigenvalue weighted by atomic mass is 10.1. The van der Waals surface area contributed by atoms with Crippen molar-refractivity contribution in [3.8, 4) is 0 Å². The molecule has 0 aliphatic heterocycles. The predicted octanol–water partition coefficient (Wildman–Crippen LogP) is 1.80. The van der Waals surface area contributed by atoms with Crippen molar-refractivity contribution in [3.05, 3.63) is 59.4 Å². The number of benzene rings is 1. The van der Waals surface area contributed by atoms with Crippen LogP contribution in [0.25, 0.3) is 0 Å². The fraction of sp³-hybridized carbons (Fsp3) is 0.176. The maximum atomic E-state index is 11.9. The highest BCUT2D eigenvalue weighted by Crippen LogP contribution is 2.15. The zero-order chi connectivity index (χ0) is 18.2. The molecule has 1 heterocycles. The first-order chi connectivity index (χ1) is 12.0. The number of esters is 1. The molecular formula is C17H16N2O5S. The van der Waals surface area contributed by atoms with E-state index in [1.165, 1.54) is 13.1 Å². The average molecular weight is 360 g/mol. The molecule has 2 aromatic rings. The zero-order valence-corrected chi connectivity index (χ0v) is 14.2. The second-order valence-corrected chi connectivity index (χ2v) is 5.96. The Bertz CT molecular complexity index is 794. The number of carbonyl (C=O) groups excluding carboxylic acids is 3. The molecule has 8 heteroatoms. The number of Topliss-reactive ketones (excluding diaryl/α,β-unsaturated/α-hetero) is 1. The second kappa shape index (κ2) is 8.84. The van der Waals surface area contributed by atoms with Crippen molar-refractivity contribution >= 4 is 35.1 Å². The minimum Gasteiger partial charge on any atom is -0.618 e. The highest BCUT2D eigenvalue weighted by Gasteiger charge is 2.13. The summed E-state index contributed by atoms with van der Waals surface area (Å²) in [5.41, 5.74) is 0.740. The van der Waals surface area contributed by atoms with Gasteiger partial charge in [0.15, 0.2) is 18.6 Å². The van der Waals surface area contributed by atoms with Gasteiger partial charge in [-0.1, -0.05) is 12.1 Å². The van der Waals surface area contributed by atoms with E-state index < -0.39 is 18.5 Å². The monoisotopic (exact) mass is 360 g/mol. The van der Waals surface area contributed by atoms with E-state index in [9.17, 15) is 19.6 Å². The number of hydrogen-bond acceptors (Lipinski definition) is 6. The molecule has 0 saturated heterocycles. The first kappa shape index (κ1) is 18.5. The molecule has 130 valence electrons. The number of carbonyl (C=O) groups is 3. The highest BCUT2D eigenvalue weighted by molar-refractivity contribution is 7.99. The smallest absolute Gasteiger partial charge is 0.317 e. The van der Waals surface area contributed by atoms with E-state index in [1.807, 2.05) is 0 Å². The maximum Gasteiger partial charge on any atom is 0.317 e. The molecule has 0 saturated carbocycles. The first-order valence-electron chi connectivity index (χ1n) is 7.34. The Morgan fingerprint density at radius 3 is 2.60 bits per heavy atom. The minimum atomic E-state index is -0.621. The van der Waals surface area contributed by atoms with Crippen molar-refractivity contribution in [2.75, 3.05) is 17.7 Å². The van der Waals surface area contributed by atoms with Gasteiger partial charge >= 0.3 is 5.97 Å². The number of para-hydroxylation sites is 1. The Labute approximate surface area is 148 Å². The van der Waals surface area contributed by atoms with Crippen molar-refractivity contribution in [2.45, 2.75) is 11.9 Å². The number of nitrogens with one attached hydrogen (secondary N) is 1. The van der Waals surface area contributed by atoms with Crippen molar-refractivity contribution in [3.63, 3.8) is 0 Å². The number of amides is 1. The molecule has 1 aromatic carbocycles. The number of nitrogens with zero attached hydrogens (tertiary/aromatic N) is 1. The molecule has 25 heavy (non-hydrogen) atoms. The second-order valence-electron chi connectivity index (χ2n) is 4.96. The van der Waals surface area contributed by atoms with Gasteiger partial charge in [-0.2, -0.15) is 4.73 Å². The van der Waals surface area contributed by atoms with Crippen LogP contribution in [0, 0.1) is 5.21 Å². The lowest BCUT2D eigenvalue weighted by molar-refractivity contribution is -0.645. The minimum absolute atomic E-state index is 0.0937. The van der Waals surface area contributed by atoms with Gasteiger partial charge in [-0.25, -0.2) is 0 Å². The number of aromatic nitrogens is 1. The van der Waals surface area contributed by atoms with Gasteiger partial charge in [0, 0.05) is 17.7 Å². The Morgan fingerprint density at radius 2 is 1.88 bits per heavy atom. The summed E-state index contributed by atoms with van der Waals surface area (Å²) in [5.74, 6) is -1.45. The summed E-state index contributed by atoms with van der Waals surface area (Å²) >= 11 is 1.02. The van der Waals surface area contributed by atoms with Gasteiger partial charge in [0.05, 0.1) is 5.69 Å². The van der Waals surface area contributed by atoms with E-state index >= 15 is 0 Å². The van der Waals surface area contributed by atoms with Gasteiger partial charge in [-0.15, -0.1) is 0 Å². The summed E-state index contributed by atoms with van der Waals surface area (Å²) in [4.78, 5) is 35.0. The SMILES string of the molecule is CC(=O)c1ccccc1NC(=O)COC(=O)CSc1cccc[n+]1[O-]. The molecule has 0 atom stereocenters. The molecule has 0 fully saturated rings. The van der Waals surface area contributed by atoms with Crippen LogP contribution in [-0.4, -0.2) is 30.0 Å². The van der Waals surface area contributed by atoms with Crippen LogP contribution in [-0.2, 0) is 14.3 Å². The van der Waals surface area contributed by atoms with Crippen LogP contribution < -0.4 is 10.0 Å². The molecule has 0 spiro atoms. The number of hydrogen-bond donors (Lipinski definition) is 1. The molecule has 0 aliphatic carbocycles. The van der Waals surface area contributed by atoms with Crippen molar-refractivity contribution in [1.82, 2.24) is 0 Å². The van der Waals surface area contributed by atoms with Crippen molar-refractivity contribution < 1.29 is 23.9 Å². The lowest BCUT2D eigenvalue weighted by Crippen LogP contribution is -2.28. The van der Waals surface area contributed by atoms with Crippen LogP contribution in [0.5, 0.6) is 0 Å². The fourth-order valence-electron chi connectivity index (χ4n) is 1.93. The van der Waals surface area contributed by atoms with E-state index in [0.29, 0.717) is 21.0 Å². The Hall–Kier alpha value is -2.87. The molecule has 1 amide bonds.